The third kappa shape index (κ3) is 3.37. The molecule has 24 heavy (non-hydrogen) atoms. The van der Waals surface area contributed by atoms with E-state index in [1.54, 1.807) is 0 Å². The van der Waals surface area contributed by atoms with Gasteiger partial charge in [0.05, 0.1) is 17.9 Å². The number of carbonyl (C=O) groups excluding carboxylic acids is 1. The highest BCUT2D eigenvalue weighted by Crippen LogP contribution is 2.30. The zero-order chi connectivity index (χ0) is 17.3. The molecule has 0 unspecified atom stereocenters. The van der Waals surface area contributed by atoms with E-state index in [0.717, 1.165) is 36.4 Å². The van der Waals surface area contributed by atoms with E-state index >= 15 is 0 Å². The average Bonchev–Trinajstić information content (AvgIpc) is 3.11. The number of nitrogens with one attached hydrogen (secondary N) is 2. The van der Waals surface area contributed by atoms with Crippen LogP contribution in [-0.2, 0) is 17.8 Å². The van der Waals surface area contributed by atoms with Crippen LogP contribution >= 0.6 is 11.3 Å². The molecule has 1 aliphatic carbocycles. The lowest BCUT2D eigenvalue weighted by Gasteiger charge is -2.26. The Bertz CT molecular complexity index is 716. The second-order valence-electron chi connectivity index (χ2n) is 6.35. The molecule has 130 valence electrons. The van der Waals surface area contributed by atoms with E-state index in [-0.39, 0.29) is 18.0 Å². The molecule has 0 fully saturated rings. The zero-order valence-corrected chi connectivity index (χ0v) is 15.5. The van der Waals surface area contributed by atoms with Gasteiger partial charge in [-0.15, -0.1) is 11.3 Å². The van der Waals surface area contributed by atoms with Crippen LogP contribution in [-0.4, -0.2) is 26.7 Å². The molecular weight excluding hydrogens is 322 g/mol. The number of nitrogens with zero attached hydrogens (tertiary/aromatic N) is 3. The first-order valence-electron chi connectivity index (χ1n) is 8.55. The predicted octanol–water partition coefficient (Wildman–Crippen LogP) is 2.97. The Morgan fingerprint density at radius 1 is 1.50 bits per heavy atom. The Kier molecular flexibility index (Phi) is 5.01. The van der Waals surface area contributed by atoms with E-state index in [9.17, 15) is 4.79 Å². The van der Waals surface area contributed by atoms with Crippen molar-refractivity contribution in [2.45, 2.75) is 65.6 Å². The summed E-state index contributed by atoms with van der Waals surface area (Å²) < 4.78 is 2.06. The van der Waals surface area contributed by atoms with Crippen molar-refractivity contribution >= 4 is 22.4 Å². The number of aromatic nitrogens is 3. The van der Waals surface area contributed by atoms with Gasteiger partial charge in [0.15, 0.2) is 5.13 Å². The second-order valence-corrected chi connectivity index (χ2v) is 7.55. The maximum atomic E-state index is 12.5. The minimum absolute atomic E-state index is 0.0428. The summed E-state index contributed by atoms with van der Waals surface area (Å²) >= 11 is 1.52. The standard InChI is InChI=1S/C17H25N5OS/c1-5-22-15-8-6-7-14(13(15)9-18-22)19-11(3)16(23)21-17-20-10(2)12(4)24-17/h9,11,14,19H,5-8H2,1-4H3,(H,20,21,23)/t11-,14+/m1/s1. The minimum Gasteiger partial charge on any atom is -0.301 e. The van der Waals surface area contributed by atoms with Gasteiger partial charge in [-0.3, -0.25) is 14.8 Å². The fourth-order valence-electron chi connectivity index (χ4n) is 3.18. The Labute approximate surface area is 146 Å². The van der Waals surface area contributed by atoms with Crippen LogP contribution in [0.25, 0.3) is 0 Å². The number of hydrogen-bond donors (Lipinski definition) is 2. The first-order chi connectivity index (χ1) is 11.5. The van der Waals surface area contributed by atoms with E-state index in [2.05, 4.69) is 32.3 Å². The largest absolute Gasteiger partial charge is 0.301 e. The lowest BCUT2D eigenvalue weighted by atomic mass is 9.92. The highest BCUT2D eigenvalue weighted by atomic mass is 32.1. The number of fused-ring (bicyclic) bond motifs is 1. The van der Waals surface area contributed by atoms with Gasteiger partial charge in [0.2, 0.25) is 5.91 Å². The third-order valence-corrected chi connectivity index (χ3v) is 5.65. The SMILES string of the molecule is CCn1ncc2c1CCC[C@@H]2N[C@H](C)C(=O)Nc1nc(C)c(C)s1. The summed E-state index contributed by atoms with van der Waals surface area (Å²) in [5.41, 5.74) is 3.52. The normalized spacial score (nSPS) is 18.2. The van der Waals surface area contributed by atoms with Gasteiger partial charge in [0, 0.05) is 28.7 Å². The first kappa shape index (κ1) is 17.1. The molecule has 0 bridgehead atoms. The fourth-order valence-corrected chi connectivity index (χ4v) is 4.00. The Morgan fingerprint density at radius 3 is 2.96 bits per heavy atom. The average molecular weight is 347 g/mol. The summed E-state index contributed by atoms with van der Waals surface area (Å²) in [5, 5.41) is 11.5. The third-order valence-electron chi connectivity index (χ3n) is 4.67. The number of aryl methyl sites for hydroxylation is 3. The van der Waals surface area contributed by atoms with Crippen molar-refractivity contribution in [1.82, 2.24) is 20.1 Å². The number of carbonyl (C=O) groups is 1. The second kappa shape index (κ2) is 7.03. The van der Waals surface area contributed by atoms with E-state index in [1.165, 1.54) is 22.6 Å². The number of rotatable bonds is 5. The summed E-state index contributed by atoms with van der Waals surface area (Å²) in [6, 6.07) is -0.0926. The van der Waals surface area contributed by atoms with Crippen molar-refractivity contribution in [3.8, 4) is 0 Å². The highest BCUT2D eigenvalue weighted by molar-refractivity contribution is 7.15. The maximum absolute atomic E-state index is 12.5. The molecule has 0 aliphatic heterocycles. The van der Waals surface area contributed by atoms with Gasteiger partial charge in [0.25, 0.3) is 0 Å². The number of anilines is 1. The van der Waals surface area contributed by atoms with Gasteiger partial charge in [-0.2, -0.15) is 5.10 Å². The number of thiazole rings is 1. The molecule has 1 amide bonds. The summed E-state index contributed by atoms with van der Waals surface area (Å²) in [4.78, 5) is 18.0. The van der Waals surface area contributed by atoms with Gasteiger partial charge < -0.3 is 5.32 Å². The molecule has 2 aromatic rings. The van der Waals surface area contributed by atoms with Crippen LogP contribution in [0.15, 0.2) is 6.20 Å². The van der Waals surface area contributed by atoms with Crippen LogP contribution in [0.3, 0.4) is 0 Å². The van der Waals surface area contributed by atoms with E-state index in [1.807, 2.05) is 27.0 Å². The maximum Gasteiger partial charge on any atom is 0.243 e. The van der Waals surface area contributed by atoms with Gasteiger partial charge >= 0.3 is 0 Å². The van der Waals surface area contributed by atoms with Crippen molar-refractivity contribution < 1.29 is 4.79 Å². The molecule has 0 aromatic carbocycles. The summed E-state index contributed by atoms with van der Waals surface area (Å²) in [7, 11) is 0. The monoisotopic (exact) mass is 347 g/mol. The van der Waals surface area contributed by atoms with Crippen LogP contribution < -0.4 is 10.6 Å². The molecule has 0 saturated carbocycles. The lowest BCUT2D eigenvalue weighted by molar-refractivity contribution is -0.118. The molecule has 2 aromatic heterocycles. The summed E-state index contributed by atoms with van der Waals surface area (Å²) in [6.45, 7) is 8.87. The number of hydrogen-bond acceptors (Lipinski definition) is 5. The van der Waals surface area contributed by atoms with Crippen LogP contribution in [0.5, 0.6) is 0 Å². The van der Waals surface area contributed by atoms with Crippen LogP contribution in [0.4, 0.5) is 5.13 Å². The quantitative estimate of drug-likeness (QED) is 0.872. The van der Waals surface area contributed by atoms with Crippen LogP contribution in [0.2, 0.25) is 0 Å². The summed E-state index contributed by atoms with van der Waals surface area (Å²) in [6.07, 6.45) is 5.18. The van der Waals surface area contributed by atoms with Crippen molar-refractivity contribution in [2.75, 3.05) is 5.32 Å². The van der Waals surface area contributed by atoms with Gasteiger partial charge in [-0.1, -0.05) is 0 Å². The molecule has 2 N–H and O–H groups in total. The Hall–Kier alpha value is -1.73. The Balaban J connectivity index is 1.65. The van der Waals surface area contributed by atoms with Crippen LogP contribution in [0.1, 0.15) is 54.6 Å². The molecular formula is C17H25N5OS. The molecule has 1 aliphatic rings. The molecule has 2 atom stereocenters. The van der Waals surface area contributed by atoms with Gasteiger partial charge in [-0.05, 0) is 47.0 Å². The van der Waals surface area contributed by atoms with Crippen LogP contribution in [0, 0.1) is 13.8 Å². The molecule has 2 heterocycles. The molecule has 0 radical (unpaired) electrons. The minimum atomic E-state index is -0.282. The number of amides is 1. The van der Waals surface area contributed by atoms with Crippen molar-refractivity contribution in [3.05, 3.63) is 28.0 Å². The highest BCUT2D eigenvalue weighted by Gasteiger charge is 2.27. The smallest absolute Gasteiger partial charge is 0.243 e. The van der Waals surface area contributed by atoms with Crippen molar-refractivity contribution in [1.29, 1.82) is 0 Å². The Morgan fingerprint density at radius 2 is 2.29 bits per heavy atom. The lowest BCUT2D eigenvalue weighted by Crippen LogP contribution is -2.41. The first-order valence-corrected chi connectivity index (χ1v) is 9.36. The fraction of sp³-hybridized carbons (Fsp3) is 0.588. The van der Waals surface area contributed by atoms with Gasteiger partial charge in [0.1, 0.15) is 0 Å². The molecule has 7 heteroatoms. The topological polar surface area (TPSA) is 71.8 Å². The van der Waals surface area contributed by atoms with Crippen molar-refractivity contribution in [3.63, 3.8) is 0 Å². The zero-order valence-electron chi connectivity index (χ0n) is 14.7. The predicted molar refractivity (Wildman–Crippen MR) is 96.4 cm³/mol. The summed E-state index contributed by atoms with van der Waals surface area (Å²) in [5.74, 6) is -0.0428. The van der Waals surface area contributed by atoms with Crippen molar-refractivity contribution in [2.24, 2.45) is 0 Å². The molecule has 3 rings (SSSR count). The van der Waals surface area contributed by atoms with Gasteiger partial charge in [-0.25, -0.2) is 4.98 Å². The van der Waals surface area contributed by atoms with E-state index in [0.29, 0.717) is 5.13 Å². The van der Waals surface area contributed by atoms with E-state index < -0.39 is 0 Å². The molecule has 0 saturated heterocycles. The van der Waals surface area contributed by atoms with E-state index in [4.69, 9.17) is 0 Å². The molecule has 0 spiro atoms. The molecule has 6 nitrogen and oxygen atoms in total.